The van der Waals surface area contributed by atoms with Gasteiger partial charge in [-0.2, -0.15) is 0 Å². The van der Waals surface area contributed by atoms with Crippen molar-refractivity contribution in [3.05, 3.63) is 17.7 Å². The fourth-order valence-corrected chi connectivity index (χ4v) is 1.66. The number of anilines is 1. The van der Waals surface area contributed by atoms with Crippen LogP contribution in [0.25, 0.3) is 0 Å². The van der Waals surface area contributed by atoms with Crippen molar-refractivity contribution in [2.45, 2.75) is 39.0 Å². The van der Waals surface area contributed by atoms with E-state index < -0.39 is 0 Å². The lowest BCUT2D eigenvalue weighted by Gasteiger charge is -2.11. The highest BCUT2D eigenvalue weighted by Crippen LogP contribution is 2.15. The summed E-state index contributed by atoms with van der Waals surface area (Å²) < 4.78 is 0. The van der Waals surface area contributed by atoms with Gasteiger partial charge in [0.1, 0.15) is 5.82 Å². The zero-order valence-electron chi connectivity index (χ0n) is 12.3. The summed E-state index contributed by atoms with van der Waals surface area (Å²) in [5.41, 5.74) is 8.04. The van der Waals surface area contributed by atoms with Gasteiger partial charge in [-0.1, -0.05) is 13.8 Å². The van der Waals surface area contributed by atoms with Gasteiger partial charge in [0.2, 0.25) is 5.91 Å². The number of rotatable bonds is 8. The maximum Gasteiger partial charge on any atom is 0.272 e. The van der Waals surface area contributed by atoms with Gasteiger partial charge in [0.25, 0.3) is 5.91 Å². The molecule has 0 spiro atoms. The molecule has 0 atom stereocenters. The highest BCUT2D eigenvalue weighted by molar-refractivity contribution is 5.97. The Labute approximate surface area is 123 Å². The Balaban J connectivity index is 2.63. The fourth-order valence-electron chi connectivity index (χ4n) is 1.66. The van der Waals surface area contributed by atoms with Crippen molar-refractivity contribution >= 4 is 17.5 Å². The Morgan fingerprint density at radius 1 is 1.33 bits per heavy atom. The van der Waals surface area contributed by atoms with Crippen molar-refractivity contribution in [2.24, 2.45) is 11.6 Å². The summed E-state index contributed by atoms with van der Waals surface area (Å²) in [5, 5.41) is 2.74. The highest BCUT2D eigenvalue weighted by Gasteiger charge is 2.15. The first-order valence-corrected chi connectivity index (χ1v) is 6.85. The molecule has 0 saturated carbocycles. The standard InChI is InChI=1S/C13H22N6O2/c1-8(2)12-17-7-9(19-15)11(18-12)13(21)16-6-4-3-5-10(14)20/h7-8,19H,3-6,15H2,1-2H3,(H2,14,20)(H,16,21). The minimum Gasteiger partial charge on any atom is -0.370 e. The van der Waals surface area contributed by atoms with Crippen LogP contribution in [0.4, 0.5) is 5.69 Å². The maximum absolute atomic E-state index is 12.1. The molecule has 1 aromatic rings. The summed E-state index contributed by atoms with van der Waals surface area (Å²) >= 11 is 0. The molecule has 116 valence electrons. The summed E-state index contributed by atoms with van der Waals surface area (Å²) in [4.78, 5) is 31.1. The maximum atomic E-state index is 12.1. The monoisotopic (exact) mass is 294 g/mol. The molecule has 0 bridgehead atoms. The normalized spacial score (nSPS) is 10.5. The number of hydrazine groups is 1. The van der Waals surface area contributed by atoms with Gasteiger partial charge in [0.15, 0.2) is 5.69 Å². The summed E-state index contributed by atoms with van der Waals surface area (Å²) in [6.45, 7) is 4.32. The second-order valence-electron chi connectivity index (χ2n) is 4.97. The molecule has 8 nitrogen and oxygen atoms in total. The van der Waals surface area contributed by atoms with Crippen LogP contribution in [-0.2, 0) is 4.79 Å². The molecule has 0 saturated heterocycles. The minimum absolute atomic E-state index is 0.110. The molecule has 0 aromatic carbocycles. The van der Waals surface area contributed by atoms with Crippen LogP contribution >= 0.6 is 0 Å². The van der Waals surface area contributed by atoms with Crippen LogP contribution in [0, 0.1) is 0 Å². The number of nitrogens with one attached hydrogen (secondary N) is 2. The number of hydrogen-bond acceptors (Lipinski definition) is 6. The lowest BCUT2D eigenvalue weighted by atomic mass is 10.2. The number of unbranched alkanes of at least 4 members (excludes halogenated alkanes) is 1. The number of primary amides is 1. The zero-order chi connectivity index (χ0) is 15.8. The number of nitrogen functional groups attached to an aromatic ring is 1. The van der Waals surface area contributed by atoms with Crippen molar-refractivity contribution in [3.63, 3.8) is 0 Å². The predicted molar refractivity (Wildman–Crippen MR) is 79.3 cm³/mol. The Hall–Kier alpha value is -2.22. The van der Waals surface area contributed by atoms with E-state index in [4.69, 9.17) is 11.6 Å². The third kappa shape index (κ3) is 5.35. The van der Waals surface area contributed by atoms with Crippen molar-refractivity contribution in [1.29, 1.82) is 0 Å². The van der Waals surface area contributed by atoms with E-state index in [0.717, 1.165) is 0 Å². The molecular formula is C13H22N6O2. The highest BCUT2D eigenvalue weighted by atomic mass is 16.2. The molecule has 1 rings (SSSR count). The van der Waals surface area contributed by atoms with E-state index in [9.17, 15) is 9.59 Å². The molecule has 8 heteroatoms. The Morgan fingerprint density at radius 3 is 2.62 bits per heavy atom. The van der Waals surface area contributed by atoms with Crippen LogP contribution in [0.3, 0.4) is 0 Å². The molecule has 0 unspecified atom stereocenters. The quantitative estimate of drug-likeness (QED) is 0.309. The van der Waals surface area contributed by atoms with Gasteiger partial charge in [-0.05, 0) is 12.8 Å². The third-order valence-corrected chi connectivity index (χ3v) is 2.83. The van der Waals surface area contributed by atoms with Crippen LogP contribution < -0.4 is 22.3 Å². The number of carbonyl (C=O) groups is 2. The molecular weight excluding hydrogens is 272 g/mol. The number of carbonyl (C=O) groups excluding carboxylic acids is 2. The van der Waals surface area contributed by atoms with Gasteiger partial charge in [0, 0.05) is 18.9 Å². The molecule has 0 aliphatic heterocycles. The Kier molecular flexibility index (Phi) is 6.54. The van der Waals surface area contributed by atoms with Crippen LogP contribution in [-0.4, -0.2) is 28.3 Å². The number of amides is 2. The van der Waals surface area contributed by atoms with Gasteiger partial charge in [0.05, 0.1) is 11.9 Å². The zero-order valence-corrected chi connectivity index (χ0v) is 12.3. The second-order valence-corrected chi connectivity index (χ2v) is 4.97. The van der Waals surface area contributed by atoms with E-state index in [-0.39, 0.29) is 23.4 Å². The lowest BCUT2D eigenvalue weighted by molar-refractivity contribution is -0.118. The van der Waals surface area contributed by atoms with Crippen LogP contribution in [0.5, 0.6) is 0 Å². The summed E-state index contributed by atoms with van der Waals surface area (Å²) in [6.07, 6.45) is 3.11. The van der Waals surface area contributed by atoms with Crippen molar-refractivity contribution in [1.82, 2.24) is 15.3 Å². The van der Waals surface area contributed by atoms with Crippen LogP contribution in [0.15, 0.2) is 6.20 Å². The van der Waals surface area contributed by atoms with Crippen LogP contribution in [0.2, 0.25) is 0 Å². The number of aromatic nitrogens is 2. The van der Waals surface area contributed by atoms with Crippen molar-refractivity contribution < 1.29 is 9.59 Å². The van der Waals surface area contributed by atoms with E-state index in [1.807, 2.05) is 13.8 Å². The van der Waals surface area contributed by atoms with E-state index in [1.54, 1.807) is 0 Å². The molecule has 1 aromatic heterocycles. The first kappa shape index (κ1) is 16.8. The molecule has 0 fully saturated rings. The molecule has 0 radical (unpaired) electrons. The Morgan fingerprint density at radius 2 is 2.05 bits per heavy atom. The van der Waals surface area contributed by atoms with Gasteiger partial charge in [-0.3, -0.25) is 15.4 Å². The van der Waals surface area contributed by atoms with Gasteiger partial charge in [-0.15, -0.1) is 0 Å². The predicted octanol–water partition coefficient (Wildman–Crippen LogP) is 0.271. The topological polar surface area (TPSA) is 136 Å². The average molecular weight is 294 g/mol. The molecule has 2 amide bonds. The second kappa shape index (κ2) is 8.15. The Bertz CT molecular complexity index is 503. The lowest BCUT2D eigenvalue weighted by Crippen LogP contribution is -2.28. The van der Waals surface area contributed by atoms with Crippen molar-refractivity contribution in [3.8, 4) is 0 Å². The largest absolute Gasteiger partial charge is 0.370 e. The summed E-state index contributed by atoms with van der Waals surface area (Å²) in [5.74, 6) is 5.38. The first-order valence-electron chi connectivity index (χ1n) is 6.85. The van der Waals surface area contributed by atoms with E-state index >= 15 is 0 Å². The number of nitrogens with zero attached hydrogens (tertiary/aromatic N) is 2. The molecule has 1 heterocycles. The summed E-state index contributed by atoms with van der Waals surface area (Å²) in [7, 11) is 0. The minimum atomic E-state index is -0.340. The first-order chi connectivity index (χ1) is 9.95. The summed E-state index contributed by atoms with van der Waals surface area (Å²) in [6, 6.07) is 0. The molecule has 0 aliphatic carbocycles. The number of hydrogen-bond donors (Lipinski definition) is 4. The van der Waals surface area contributed by atoms with E-state index in [2.05, 4.69) is 20.7 Å². The molecule has 21 heavy (non-hydrogen) atoms. The molecule has 6 N–H and O–H groups in total. The van der Waals surface area contributed by atoms with Gasteiger partial charge in [-0.25, -0.2) is 9.97 Å². The smallest absolute Gasteiger partial charge is 0.272 e. The fraction of sp³-hybridized carbons (Fsp3) is 0.538. The average Bonchev–Trinajstić information content (AvgIpc) is 2.45. The van der Waals surface area contributed by atoms with Crippen molar-refractivity contribution in [2.75, 3.05) is 12.0 Å². The van der Waals surface area contributed by atoms with Crippen LogP contribution in [0.1, 0.15) is 55.3 Å². The van der Waals surface area contributed by atoms with E-state index in [1.165, 1.54) is 6.20 Å². The van der Waals surface area contributed by atoms with Gasteiger partial charge < -0.3 is 16.5 Å². The molecule has 0 aliphatic rings. The number of nitrogens with two attached hydrogens (primary N) is 2. The van der Waals surface area contributed by atoms with Gasteiger partial charge >= 0.3 is 0 Å². The SMILES string of the molecule is CC(C)c1ncc(NN)c(C(=O)NCCCCC(N)=O)n1. The third-order valence-electron chi connectivity index (χ3n) is 2.83. The van der Waals surface area contributed by atoms with E-state index in [0.29, 0.717) is 37.3 Å².